The molecule has 3 heteroatoms. The molecule has 1 aliphatic rings. The number of benzene rings is 1. The van der Waals surface area contributed by atoms with Crippen LogP contribution in [0.25, 0.3) is 5.76 Å². The van der Waals surface area contributed by atoms with Gasteiger partial charge in [0.05, 0.1) is 0 Å². The number of ketones is 1. The summed E-state index contributed by atoms with van der Waals surface area (Å²) in [6, 6.07) is 7.42. The predicted molar refractivity (Wildman–Crippen MR) is 50.3 cm³/mol. The minimum absolute atomic E-state index is 0.333. The average Bonchev–Trinajstić information content (AvgIpc) is 2.48. The first-order valence-electron chi connectivity index (χ1n) is 4.22. The maximum atomic E-state index is 10.9. The largest absolute Gasteiger partial charge is 0.420 e. The van der Waals surface area contributed by atoms with Crippen LogP contribution in [-0.4, -0.2) is 11.8 Å². The van der Waals surface area contributed by atoms with Crippen LogP contribution in [0.2, 0.25) is 0 Å². The highest BCUT2D eigenvalue weighted by Crippen LogP contribution is 2.21. The number of rotatable bonds is 1. The van der Waals surface area contributed by atoms with Gasteiger partial charge in [-0.1, -0.05) is 29.8 Å². The molecule has 1 heterocycles. The van der Waals surface area contributed by atoms with Crippen LogP contribution >= 0.6 is 0 Å². The molecule has 2 rings (SSSR count). The van der Waals surface area contributed by atoms with Gasteiger partial charge in [0.15, 0.2) is 0 Å². The van der Waals surface area contributed by atoms with Crippen molar-refractivity contribution < 1.29 is 14.3 Å². The molecule has 0 spiro atoms. The number of cyclic esters (lactones) is 1. The van der Waals surface area contributed by atoms with Crippen LogP contribution < -0.4 is 0 Å². The van der Waals surface area contributed by atoms with Crippen LogP contribution in [0.1, 0.15) is 11.1 Å². The number of aryl methyl sites for hydroxylation is 1. The minimum Gasteiger partial charge on any atom is -0.420 e. The van der Waals surface area contributed by atoms with Gasteiger partial charge in [0.25, 0.3) is 5.78 Å². The van der Waals surface area contributed by atoms with Crippen LogP contribution in [0.15, 0.2) is 30.3 Å². The summed E-state index contributed by atoms with van der Waals surface area (Å²) in [7, 11) is 0. The van der Waals surface area contributed by atoms with E-state index in [4.69, 9.17) is 4.74 Å². The van der Waals surface area contributed by atoms with Crippen molar-refractivity contribution in [3.05, 3.63) is 41.5 Å². The van der Waals surface area contributed by atoms with Gasteiger partial charge in [0, 0.05) is 11.6 Å². The Balaban J connectivity index is 2.34. The first-order valence-corrected chi connectivity index (χ1v) is 4.22. The van der Waals surface area contributed by atoms with E-state index in [0.29, 0.717) is 5.76 Å². The number of hydrogen-bond acceptors (Lipinski definition) is 3. The third kappa shape index (κ3) is 1.44. The Morgan fingerprint density at radius 2 is 1.71 bits per heavy atom. The van der Waals surface area contributed by atoms with E-state index in [2.05, 4.69) is 0 Å². The molecule has 0 saturated heterocycles. The minimum atomic E-state index is -0.805. The van der Waals surface area contributed by atoms with Crippen molar-refractivity contribution in [3.63, 3.8) is 0 Å². The molecular weight excluding hydrogens is 180 g/mol. The number of carbonyl (C=O) groups is 2. The molecule has 0 radical (unpaired) electrons. The van der Waals surface area contributed by atoms with Crippen LogP contribution in [-0.2, 0) is 14.3 Å². The van der Waals surface area contributed by atoms with Crippen molar-refractivity contribution in [2.75, 3.05) is 0 Å². The highest BCUT2D eigenvalue weighted by atomic mass is 16.5. The number of esters is 1. The van der Waals surface area contributed by atoms with Gasteiger partial charge in [-0.2, -0.15) is 0 Å². The molecule has 0 bridgehead atoms. The normalized spacial score (nSPS) is 15.4. The summed E-state index contributed by atoms with van der Waals surface area (Å²) in [6.45, 7) is 1.96. The fraction of sp³-hybridized carbons (Fsp3) is 0.0909. The Bertz CT molecular complexity index is 426. The third-order valence-electron chi connectivity index (χ3n) is 2.00. The van der Waals surface area contributed by atoms with Gasteiger partial charge in [0.1, 0.15) is 5.76 Å². The third-order valence-corrected chi connectivity index (χ3v) is 2.00. The molecule has 0 atom stereocenters. The molecule has 14 heavy (non-hydrogen) atoms. The molecule has 3 nitrogen and oxygen atoms in total. The smallest absolute Gasteiger partial charge is 0.384 e. The maximum absolute atomic E-state index is 10.9. The zero-order chi connectivity index (χ0) is 10.1. The van der Waals surface area contributed by atoms with Gasteiger partial charge in [-0.25, -0.2) is 4.79 Å². The quantitative estimate of drug-likeness (QED) is 0.495. The van der Waals surface area contributed by atoms with Crippen LogP contribution in [0, 0.1) is 6.92 Å². The summed E-state index contributed by atoms with van der Waals surface area (Å²) < 4.78 is 4.77. The van der Waals surface area contributed by atoms with Gasteiger partial charge >= 0.3 is 5.97 Å². The van der Waals surface area contributed by atoms with Gasteiger partial charge in [-0.15, -0.1) is 0 Å². The Hall–Kier alpha value is -1.90. The van der Waals surface area contributed by atoms with E-state index in [1.54, 1.807) is 0 Å². The highest BCUT2D eigenvalue weighted by Gasteiger charge is 2.24. The molecule has 0 unspecified atom stereocenters. The van der Waals surface area contributed by atoms with E-state index in [1.807, 2.05) is 31.2 Å². The van der Waals surface area contributed by atoms with Crippen molar-refractivity contribution in [1.82, 2.24) is 0 Å². The summed E-state index contributed by atoms with van der Waals surface area (Å²) >= 11 is 0. The Morgan fingerprint density at radius 1 is 1.07 bits per heavy atom. The molecule has 0 fully saturated rings. The molecule has 0 aliphatic carbocycles. The lowest BCUT2D eigenvalue weighted by atomic mass is 10.1. The standard InChI is InChI=1S/C11H8O3/c1-7-2-4-8(5-3-7)10-6-9(12)11(13)14-10/h2-6H,1H3. The van der Waals surface area contributed by atoms with Crippen LogP contribution in [0.4, 0.5) is 0 Å². The number of ether oxygens (including phenoxy) is 1. The summed E-state index contributed by atoms with van der Waals surface area (Å²) in [5, 5.41) is 0. The molecule has 1 aromatic carbocycles. The van der Waals surface area contributed by atoms with E-state index < -0.39 is 11.8 Å². The first-order chi connectivity index (χ1) is 6.66. The van der Waals surface area contributed by atoms with E-state index in [0.717, 1.165) is 11.1 Å². The molecule has 0 N–H and O–H groups in total. The predicted octanol–water partition coefficient (Wildman–Crippen LogP) is 1.46. The van der Waals surface area contributed by atoms with E-state index in [9.17, 15) is 9.59 Å². The number of hydrogen-bond donors (Lipinski definition) is 0. The van der Waals surface area contributed by atoms with Gasteiger partial charge in [-0.3, -0.25) is 4.79 Å². The summed E-state index contributed by atoms with van der Waals surface area (Å²) in [4.78, 5) is 21.7. The SMILES string of the molecule is Cc1ccc(C2=CC(=O)C(=O)O2)cc1. The fourth-order valence-electron chi connectivity index (χ4n) is 1.22. The fourth-order valence-corrected chi connectivity index (χ4v) is 1.22. The van der Waals surface area contributed by atoms with E-state index in [1.165, 1.54) is 6.08 Å². The number of carbonyl (C=O) groups excluding carboxylic acids is 2. The first kappa shape index (κ1) is 8.69. The van der Waals surface area contributed by atoms with Crippen molar-refractivity contribution in [2.24, 2.45) is 0 Å². The molecule has 0 aromatic heterocycles. The lowest BCUT2D eigenvalue weighted by Gasteiger charge is -2.01. The summed E-state index contributed by atoms with van der Waals surface area (Å²) in [5.74, 6) is -1.07. The lowest BCUT2D eigenvalue weighted by molar-refractivity contribution is -0.144. The Labute approximate surface area is 81.0 Å². The second kappa shape index (κ2) is 3.10. The van der Waals surface area contributed by atoms with Gasteiger partial charge < -0.3 is 4.74 Å². The van der Waals surface area contributed by atoms with Gasteiger partial charge in [0.2, 0.25) is 0 Å². The summed E-state index contributed by atoms with van der Waals surface area (Å²) in [5.41, 5.74) is 1.86. The monoisotopic (exact) mass is 188 g/mol. The zero-order valence-electron chi connectivity index (χ0n) is 7.61. The molecule has 70 valence electrons. The Morgan fingerprint density at radius 3 is 2.21 bits per heavy atom. The van der Waals surface area contributed by atoms with Crippen molar-refractivity contribution >= 4 is 17.5 Å². The zero-order valence-corrected chi connectivity index (χ0v) is 7.61. The maximum Gasteiger partial charge on any atom is 0.384 e. The second-order valence-corrected chi connectivity index (χ2v) is 3.13. The molecule has 0 amide bonds. The molecule has 1 aromatic rings. The molecule has 1 aliphatic heterocycles. The Kier molecular flexibility index (Phi) is 1.93. The van der Waals surface area contributed by atoms with Crippen LogP contribution in [0.5, 0.6) is 0 Å². The van der Waals surface area contributed by atoms with E-state index in [-0.39, 0.29) is 0 Å². The highest BCUT2D eigenvalue weighted by molar-refractivity contribution is 6.42. The second-order valence-electron chi connectivity index (χ2n) is 3.13. The van der Waals surface area contributed by atoms with Crippen LogP contribution in [0.3, 0.4) is 0 Å². The average molecular weight is 188 g/mol. The topological polar surface area (TPSA) is 43.4 Å². The lowest BCUT2D eigenvalue weighted by Crippen LogP contribution is -2.05. The molecule has 0 saturated carbocycles. The van der Waals surface area contributed by atoms with Crippen molar-refractivity contribution in [1.29, 1.82) is 0 Å². The van der Waals surface area contributed by atoms with Crippen molar-refractivity contribution in [2.45, 2.75) is 6.92 Å². The van der Waals surface area contributed by atoms with Gasteiger partial charge in [-0.05, 0) is 6.92 Å². The molecular formula is C11H8O3. The summed E-state index contributed by atoms with van der Waals surface area (Å²) in [6.07, 6.45) is 1.22. The van der Waals surface area contributed by atoms with Crippen molar-refractivity contribution in [3.8, 4) is 0 Å². The van der Waals surface area contributed by atoms with E-state index >= 15 is 0 Å².